The molecule has 0 bridgehead atoms. The fourth-order valence-corrected chi connectivity index (χ4v) is 1.79. The third-order valence-electron chi connectivity index (χ3n) is 2.64. The van der Waals surface area contributed by atoms with Crippen molar-refractivity contribution in [2.45, 2.75) is 26.1 Å². The van der Waals surface area contributed by atoms with E-state index in [9.17, 15) is 5.11 Å². The number of benzene rings is 1. The summed E-state index contributed by atoms with van der Waals surface area (Å²) in [6.45, 7) is 3.93. The molecule has 0 radical (unpaired) electrons. The number of rotatable bonds is 2. The molecule has 0 aromatic heterocycles. The number of aliphatic hydroxyl groups excluding tert-OH is 1. The van der Waals surface area contributed by atoms with Crippen LogP contribution in [0.25, 0.3) is 6.08 Å². The molecule has 3 nitrogen and oxygen atoms in total. The summed E-state index contributed by atoms with van der Waals surface area (Å²) in [5, 5.41) is 9.28. The van der Waals surface area contributed by atoms with Crippen LogP contribution in [0.15, 0.2) is 18.2 Å². The highest BCUT2D eigenvalue weighted by Crippen LogP contribution is 2.39. The second kappa shape index (κ2) is 3.83. The molecule has 0 saturated carbocycles. The van der Waals surface area contributed by atoms with Crippen molar-refractivity contribution >= 4 is 6.08 Å². The number of hydrogen-bond donors (Lipinski definition) is 1. The van der Waals surface area contributed by atoms with Crippen molar-refractivity contribution in [3.63, 3.8) is 0 Å². The molecule has 86 valence electrons. The zero-order valence-corrected chi connectivity index (χ0v) is 9.78. The van der Waals surface area contributed by atoms with Gasteiger partial charge in [-0.2, -0.15) is 0 Å². The number of aliphatic hydroxyl groups is 1. The predicted octanol–water partition coefficient (Wildman–Crippen LogP) is 2.37. The molecule has 0 atom stereocenters. The van der Waals surface area contributed by atoms with E-state index in [0.29, 0.717) is 5.75 Å². The topological polar surface area (TPSA) is 38.7 Å². The highest BCUT2D eigenvalue weighted by molar-refractivity contribution is 5.69. The first-order valence-electron chi connectivity index (χ1n) is 5.26. The molecular weight excluding hydrogens is 204 g/mol. The van der Waals surface area contributed by atoms with Gasteiger partial charge in [0.05, 0.1) is 19.3 Å². The normalized spacial score (nSPS) is 16.5. The largest absolute Gasteiger partial charge is 0.496 e. The Labute approximate surface area is 95.3 Å². The van der Waals surface area contributed by atoms with Gasteiger partial charge in [0, 0.05) is 5.56 Å². The Morgan fingerprint density at radius 2 is 2.12 bits per heavy atom. The molecule has 16 heavy (non-hydrogen) atoms. The van der Waals surface area contributed by atoms with E-state index >= 15 is 0 Å². The smallest absolute Gasteiger partial charge is 0.137 e. The Morgan fingerprint density at radius 1 is 1.38 bits per heavy atom. The Morgan fingerprint density at radius 3 is 2.75 bits per heavy atom. The van der Waals surface area contributed by atoms with Crippen LogP contribution in [0, 0.1) is 0 Å². The van der Waals surface area contributed by atoms with Crippen LogP contribution in [0.1, 0.15) is 25.0 Å². The molecule has 0 aliphatic carbocycles. The highest BCUT2D eigenvalue weighted by atomic mass is 16.5. The second-order valence-electron chi connectivity index (χ2n) is 4.37. The predicted molar refractivity (Wildman–Crippen MR) is 62.7 cm³/mol. The summed E-state index contributed by atoms with van der Waals surface area (Å²) in [5.41, 5.74) is 1.34. The molecule has 0 amide bonds. The van der Waals surface area contributed by atoms with Gasteiger partial charge in [-0.25, -0.2) is 0 Å². The van der Waals surface area contributed by atoms with Gasteiger partial charge in [0.15, 0.2) is 0 Å². The number of methoxy groups -OCH3 is 1. The van der Waals surface area contributed by atoms with E-state index < -0.39 is 0 Å². The van der Waals surface area contributed by atoms with Crippen LogP contribution in [0.4, 0.5) is 0 Å². The van der Waals surface area contributed by atoms with Crippen LogP contribution in [0.2, 0.25) is 0 Å². The maximum absolute atomic E-state index is 9.28. The zero-order chi connectivity index (χ0) is 11.8. The van der Waals surface area contributed by atoms with E-state index in [4.69, 9.17) is 9.47 Å². The maximum Gasteiger partial charge on any atom is 0.137 e. The van der Waals surface area contributed by atoms with Gasteiger partial charge >= 0.3 is 0 Å². The first kappa shape index (κ1) is 11.0. The van der Waals surface area contributed by atoms with Gasteiger partial charge in [0.25, 0.3) is 0 Å². The minimum absolute atomic E-state index is 0.0315. The summed E-state index contributed by atoms with van der Waals surface area (Å²) < 4.78 is 11.1. The van der Waals surface area contributed by atoms with E-state index in [-0.39, 0.29) is 12.2 Å². The molecule has 1 aliphatic heterocycles. The van der Waals surface area contributed by atoms with Gasteiger partial charge in [-0.3, -0.25) is 0 Å². The molecule has 0 unspecified atom stereocenters. The van der Waals surface area contributed by atoms with E-state index in [0.717, 1.165) is 16.9 Å². The van der Waals surface area contributed by atoms with Gasteiger partial charge < -0.3 is 14.6 Å². The molecule has 3 heteroatoms. The van der Waals surface area contributed by atoms with Crippen LogP contribution in [0.3, 0.4) is 0 Å². The van der Waals surface area contributed by atoms with Crippen molar-refractivity contribution in [3.05, 3.63) is 29.3 Å². The van der Waals surface area contributed by atoms with Crippen molar-refractivity contribution in [2.75, 3.05) is 7.11 Å². The van der Waals surface area contributed by atoms with E-state index in [1.807, 2.05) is 38.1 Å². The molecule has 1 heterocycles. The monoisotopic (exact) mass is 220 g/mol. The number of ether oxygens (including phenoxy) is 2. The zero-order valence-electron chi connectivity index (χ0n) is 9.78. The molecule has 0 spiro atoms. The van der Waals surface area contributed by atoms with Crippen LogP contribution >= 0.6 is 0 Å². The molecular formula is C13H16O3. The first-order valence-corrected chi connectivity index (χ1v) is 5.26. The third-order valence-corrected chi connectivity index (χ3v) is 2.64. The summed E-state index contributed by atoms with van der Waals surface area (Å²) in [4.78, 5) is 0. The summed E-state index contributed by atoms with van der Waals surface area (Å²) in [6.07, 6.45) is 3.97. The molecule has 1 aliphatic rings. The van der Waals surface area contributed by atoms with E-state index in [1.54, 1.807) is 7.11 Å². The van der Waals surface area contributed by atoms with Crippen molar-refractivity contribution in [2.24, 2.45) is 0 Å². The van der Waals surface area contributed by atoms with Crippen LogP contribution in [-0.2, 0) is 6.61 Å². The van der Waals surface area contributed by atoms with Crippen LogP contribution in [-0.4, -0.2) is 17.8 Å². The van der Waals surface area contributed by atoms with Crippen LogP contribution in [0.5, 0.6) is 11.5 Å². The highest BCUT2D eigenvalue weighted by Gasteiger charge is 2.25. The molecule has 0 saturated heterocycles. The van der Waals surface area contributed by atoms with Crippen molar-refractivity contribution in [3.8, 4) is 11.5 Å². The van der Waals surface area contributed by atoms with Gasteiger partial charge in [-0.1, -0.05) is 0 Å². The van der Waals surface area contributed by atoms with Crippen molar-refractivity contribution in [1.29, 1.82) is 0 Å². The van der Waals surface area contributed by atoms with Gasteiger partial charge in [-0.05, 0) is 38.1 Å². The molecule has 2 rings (SSSR count). The first-order chi connectivity index (χ1) is 7.57. The second-order valence-corrected chi connectivity index (χ2v) is 4.37. The minimum atomic E-state index is -0.344. The molecule has 0 fully saturated rings. The quantitative estimate of drug-likeness (QED) is 0.831. The maximum atomic E-state index is 9.28. The Balaban J connectivity index is 2.58. The molecule has 1 aromatic rings. The Hall–Kier alpha value is -1.48. The summed E-state index contributed by atoms with van der Waals surface area (Å²) in [6, 6.07) is 3.67. The van der Waals surface area contributed by atoms with Crippen molar-refractivity contribution < 1.29 is 14.6 Å². The lowest BCUT2D eigenvalue weighted by Crippen LogP contribution is -2.28. The lowest BCUT2D eigenvalue weighted by Gasteiger charge is -2.30. The number of hydrogen-bond acceptors (Lipinski definition) is 3. The standard InChI is InChI=1S/C13H16O3/c1-13(2)7-6-10-11(15-3)5-4-9(8-14)12(10)16-13/h4-7,14H,8H2,1-3H3. The molecule has 1 aromatic carbocycles. The summed E-state index contributed by atoms with van der Waals surface area (Å²) in [7, 11) is 1.63. The third kappa shape index (κ3) is 1.78. The van der Waals surface area contributed by atoms with Crippen molar-refractivity contribution in [1.82, 2.24) is 0 Å². The van der Waals surface area contributed by atoms with E-state index in [1.165, 1.54) is 0 Å². The number of fused-ring (bicyclic) bond motifs is 1. The fraction of sp³-hybridized carbons (Fsp3) is 0.385. The van der Waals surface area contributed by atoms with E-state index in [2.05, 4.69) is 0 Å². The molecule has 1 N–H and O–H groups in total. The average molecular weight is 220 g/mol. The Bertz CT molecular complexity index is 433. The minimum Gasteiger partial charge on any atom is -0.496 e. The summed E-state index contributed by atoms with van der Waals surface area (Å²) >= 11 is 0. The summed E-state index contributed by atoms with van der Waals surface area (Å²) in [5.74, 6) is 1.48. The van der Waals surface area contributed by atoms with Gasteiger partial charge in [-0.15, -0.1) is 0 Å². The van der Waals surface area contributed by atoms with Crippen LogP contribution < -0.4 is 9.47 Å². The fourth-order valence-electron chi connectivity index (χ4n) is 1.79. The average Bonchev–Trinajstić information content (AvgIpc) is 2.26. The lowest BCUT2D eigenvalue weighted by molar-refractivity contribution is 0.152. The lowest BCUT2D eigenvalue weighted by atomic mass is 9.99. The Kier molecular flexibility index (Phi) is 2.64. The van der Waals surface area contributed by atoms with Gasteiger partial charge in [0.1, 0.15) is 17.1 Å². The SMILES string of the molecule is COc1ccc(CO)c2c1C=CC(C)(C)O2. The van der Waals surface area contributed by atoms with Gasteiger partial charge in [0.2, 0.25) is 0 Å².